The minimum absolute atomic E-state index is 0.127. The molecule has 0 saturated carbocycles. The van der Waals surface area contributed by atoms with Gasteiger partial charge in [0.05, 0.1) is 42.9 Å². The van der Waals surface area contributed by atoms with Crippen molar-refractivity contribution in [3.63, 3.8) is 0 Å². The number of hydrogen-bond donors (Lipinski definition) is 2. The van der Waals surface area contributed by atoms with Crippen molar-refractivity contribution in [3.8, 4) is 0 Å². The fraction of sp³-hybridized carbons (Fsp3) is 0.600. The second-order valence-electron chi connectivity index (χ2n) is 14.7. The SMILES string of the molecule is [C-]#[N+]c1ccc2c(c1)N(CC(=O)O)CCN2c1nn(C2CCCCO2)c2nc(N3CCC4(CC3)CO[C@@H](C)[C@H]4NC(=O)OC(C)(C)C)cnc12. The Kier molecular flexibility index (Phi) is 8.94. The summed E-state index contributed by atoms with van der Waals surface area (Å²) in [6.45, 7) is 18.5. The fourth-order valence-corrected chi connectivity index (χ4v) is 7.73. The summed E-state index contributed by atoms with van der Waals surface area (Å²) in [5.41, 5.74) is 2.32. The molecule has 6 heterocycles. The minimum Gasteiger partial charge on any atom is -0.480 e. The van der Waals surface area contributed by atoms with Gasteiger partial charge in [-0.3, -0.25) is 4.79 Å². The highest BCUT2D eigenvalue weighted by Crippen LogP contribution is 2.45. The van der Waals surface area contributed by atoms with Crippen molar-refractivity contribution in [2.75, 3.05) is 60.6 Å². The van der Waals surface area contributed by atoms with E-state index in [0.29, 0.717) is 67.7 Å². The monoisotopic (exact) mass is 687 g/mol. The van der Waals surface area contributed by atoms with Gasteiger partial charge in [-0.05, 0) is 71.9 Å². The highest BCUT2D eigenvalue weighted by molar-refractivity contribution is 5.92. The molecule has 7 rings (SSSR count). The molecule has 0 bridgehead atoms. The van der Waals surface area contributed by atoms with Crippen LogP contribution in [-0.4, -0.2) is 101 Å². The van der Waals surface area contributed by atoms with Crippen LogP contribution < -0.4 is 20.0 Å². The Hall–Kier alpha value is -4.68. The lowest BCUT2D eigenvalue weighted by atomic mass is 9.73. The number of piperidine rings is 1. The number of nitrogens with zero attached hydrogens (tertiary/aromatic N) is 8. The summed E-state index contributed by atoms with van der Waals surface area (Å²) >= 11 is 0. The first-order valence-corrected chi connectivity index (χ1v) is 17.4. The van der Waals surface area contributed by atoms with E-state index >= 15 is 0 Å². The fourth-order valence-electron chi connectivity index (χ4n) is 7.73. The van der Waals surface area contributed by atoms with Gasteiger partial charge >= 0.3 is 12.1 Å². The maximum atomic E-state index is 12.8. The van der Waals surface area contributed by atoms with E-state index in [9.17, 15) is 14.7 Å². The molecule has 15 heteroatoms. The van der Waals surface area contributed by atoms with Gasteiger partial charge in [-0.1, -0.05) is 6.07 Å². The number of carbonyl (C=O) groups is 2. The van der Waals surface area contributed by atoms with Gasteiger partial charge in [-0.2, -0.15) is 0 Å². The van der Waals surface area contributed by atoms with Crippen LogP contribution in [0.5, 0.6) is 0 Å². The summed E-state index contributed by atoms with van der Waals surface area (Å²) < 4.78 is 19.7. The molecule has 15 nitrogen and oxygen atoms in total. The molecule has 1 unspecified atom stereocenters. The van der Waals surface area contributed by atoms with Crippen LogP contribution in [0, 0.1) is 12.0 Å². The summed E-state index contributed by atoms with van der Waals surface area (Å²) in [7, 11) is 0. The highest BCUT2D eigenvalue weighted by atomic mass is 16.6. The van der Waals surface area contributed by atoms with Gasteiger partial charge in [0, 0.05) is 38.2 Å². The third kappa shape index (κ3) is 6.49. The molecule has 0 radical (unpaired) electrons. The van der Waals surface area contributed by atoms with Crippen molar-refractivity contribution in [3.05, 3.63) is 35.8 Å². The van der Waals surface area contributed by atoms with Crippen LogP contribution in [-0.2, 0) is 19.0 Å². The topological polar surface area (TPSA) is 152 Å². The van der Waals surface area contributed by atoms with Gasteiger partial charge < -0.3 is 39.3 Å². The number of benzene rings is 1. The lowest BCUT2D eigenvalue weighted by Gasteiger charge is -2.42. The van der Waals surface area contributed by atoms with E-state index in [4.69, 9.17) is 35.8 Å². The van der Waals surface area contributed by atoms with Crippen molar-refractivity contribution in [1.82, 2.24) is 25.1 Å². The highest BCUT2D eigenvalue weighted by Gasteiger charge is 2.50. The van der Waals surface area contributed by atoms with Gasteiger partial charge in [0.15, 0.2) is 28.9 Å². The van der Waals surface area contributed by atoms with E-state index in [2.05, 4.69) is 15.1 Å². The molecule has 50 heavy (non-hydrogen) atoms. The predicted molar refractivity (Wildman–Crippen MR) is 186 cm³/mol. The maximum absolute atomic E-state index is 12.8. The number of amides is 1. The second-order valence-corrected chi connectivity index (χ2v) is 14.7. The number of rotatable bonds is 6. The summed E-state index contributed by atoms with van der Waals surface area (Å²) in [6, 6.07) is 5.16. The number of anilines is 4. The molecule has 266 valence electrons. The third-order valence-electron chi connectivity index (χ3n) is 10.2. The number of hydrogen-bond acceptors (Lipinski definition) is 11. The van der Waals surface area contributed by atoms with Gasteiger partial charge in [0.1, 0.15) is 18.0 Å². The standard InChI is InChI=1S/C35H45N9O6/c1-22-30(39-33(47)50-34(2,3)4)35(21-49-22)11-13-41(14-12-35)26-19-37-29-31(38-26)44(27-8-6-7-17-48-27)40-32(29)43-16-15-42(20-28(45)46)25-18-23(36-5)9-10-24(25)43/h9-10,18-19,22,27,30H,6-8,11-17,20-21H2,1-4H3,(H,39,47)(H,45,46)/t22-,27?,30+/m0/s1. The number of carboxylic acids is 1. The molecule has 3 aromatic rings. The van der Waals surface area contributed by atoms with E-state index in [0.717, 1.165) is 43.6 Å². The van der Waals surface area contributed by atoms with Crippen molar-refractivity contribution in [1.29, 1.82) is 0 Å². The average Bonchev–Trinajstić information content (AvgIpc) is 3.61. The van der Waals surface area contributed by atoms with Gasteiger partial charge in [-0.25, -0.2) is 24.3 Å². The van der Waals surface area contributed by atoms with E-state index in [-0.39, 0.29) is 30.3 Å². The molecule has 4 aliphatic heterocycles. The van der Waals surface area contributed by atoms with E-state index in [1.807, 2.05) is 43.3 Å². The Morgan fingerprint density at radius 1 is 1.14 bits per heavy atom. The Morgan fingerprint density at radius 3 is 2.64 bits per heavy atom. The zero-order valence-electron chi connectivity index (χ0n) is 29.1. The number of ether oxygens (including phenoxy) is 3. The summed E-state index contributed by atoms with van der Waals surface area (Å²) in [5, 5.41) is 17.8. The van der Waals surface area contributed by atoms with Crippen molar-refractivity contribution in [2.24, 2.45) is 5.41 Å². The molecule has 3 saturated heterocycles. The first-order chi connectivity index (χ1) is 23.9. The molecule has 1 spiro atoms. The number of carboxylic acid groups (broad SMARTS) is 1. The Bertz CT molecular complexity index is 1800. The quantitative estimate of drug-likeness (QED) is 0.335. The molecule has 4 aliphatic rings. The molecular weight excluding hydrogens is 642 g/mol. The zero-order valence-corrected chi connectivity index (χ0v) is 29.1. The van der Waals surface area contributed by atoms with Crippen LogP contribution in [0.25, 0.3) is 16.0 Å². The molecule has 1 amide bonds. The predicted octanol–water partition coefficient (Wildman–Crippen LogP) is 5.02. The Morgan fingerprint density at radius 2 is 1.94 bits per heavy atom. The zero-order chi connectivity index (χ0) is 35.2. The molecule has 3 atom stereocenters. The summed E-state index contributed by atoms with van der Waals surface area (Å²) in [6.07, 6.45) is 5.36. The van der Waals surface area contributed by atoms with Crippen LogP contribution in [0.2, 0.25) is 0 Å². The van der Waals surface area contributed by atoms with Gasteiger partial charge in [0.25, 0.3) is 0 Å². The largest absolute Gasteiger partial charge is 0.480 e. The third-order valence-corrected chi connectivity index (χ3v) is 10.2. The number of aliphatic carboxylic acids is 1. The van der Waals surface area contributed by atoms with Crippen LogP contribution >= 0.6 is 0 Å². The van der Waals surface area contributed by atoms with E-state index in [1.54, 1.807) is 23.2 Å². The second kappa shape index (κ2) is 13.2. The summed E-state index contributed by atoms with van der Waals surface area (Å²) in [5.74, 6) is 0.423. The van der Waals surface area contributed by atoms with Gasteiger partial charge in [-0.15, -0.1) is 5.10 Å². The van der Waals surface area contributed by atoms with Crippen LogP contribution in [0.4, 0.5) is 33.5 Å². The molecule has 3 fully saturated rings. The van der Waals surface area contributed by atoms with Crippen LogP contribution in [0.1, 0.15) is 66.0 Å². The molecule has 2 N–H and O–H groups in total. The summed E-state index contributed by atoms with van der Waals surface area (Å²) in [4.78, 5) is 44.2. The number of fused-ring (bicyclic) bond motifs is 2. The number of aromatic nitrogens is 4. The van der Waals surface area contributed by atoms with E-state index in [1.165, 1.54) is 0 Å². The van der Waals surface area contributed by atoms with Crippen molar-refractivity contribution < 1.29 is 28.9 Å². The molecule has 1 aromatic carbocycles. The lowest BCUT2D eigenvalue weighted by molar-refractivity contribution is -0.135. The minimum atomic E-state index is -0.936. The number of nitrogens with one attached hydrogen (secondary N) is 1. The Balaban J connectivity index is 1.18. The number of carbonyl (C=O) groups excluding carboxylic acids is 1. The average molecular weight is 688 g/mol. The molecular formula is C35H45N9O6. The molecule has 2 aromatic heterocycles. The molecule has 0 aliphatic carbocycles. The lowest BCUT2D eigenvalue weighted by Crippen LogP contribution is -2.55. The van der Waals surface area contributed by atoms with Crippen LogP contribution in [0.15, 0.2) is 24.4 Å². The maximum Gasteiger partial charge on any atom is 0.407 e. The van der Waals surface area contributed by atoms with Crippen molar-refractivity contribution in [2.45, 2.75) is 83.8 Å². The first kappa shape index (κ1) is 33.8. The van der Waals surface area contributed by atoms with Gasteiger partial charge in [0.2, 0.25) is 0 Å². The first-order valence-electron chi connectivity index (χ1n) is 17.4. The smallest absolute Gasteiger partial charge is 0.407 e. The Labute approximate surface area is 291 Å². The van der Waals surface area contributed by atoms with Crippen molar-refractivity contribution >= 4 is 51.9 Å². The van der Waals surface area contributed by atoms with Crippen LogP contribution in [0.3, 0.4) is 0 Å². The van der Waals surface area contributed by atoms with E-state index < -0.39 is 17.7 Å². The number of alkyl carbamates (subject to hydrolysis) is 1. The normalized spacial score (nSPS) is 23.5.